The molecule has 1 unspecified atom stereocenters. The second-order valence-electron chi connectivity index (χ2n) is 5.43. The number of carbonyl (C=O) groups excluding carboxylic acids is 1. The number of hydrogen-bond acceptors (Lipinski definition) is 3. The minimum Gasteiger partial charge on any atom is -0.351 e. The molecule has 0 saturated carbocycles. The number of amides is 2. The number of carbonyl (C=O) groups is 1. The predicted molar refractivity (Wildman–Crippen MR) is 72.5 cm³/mol. The van der Waals surface area contributed by atoms with Crippen LogP contribution in [0.5, 0.6) is 0 Å². The van der Waals surface area contributed by atoms with Gasteiger partial charge in [0.2, 0.25) is 0 Å². The van der Waals surface area contributed by atoms with Crippen LogP contribution in [0.3, 0.4) is 0 Å². The van der Waals surface area contributed by atoms with Crippen LogP contribution in [0.2, 0.25) is 0 Å². The predicted octanol–water partition coefficient (Wildman–Crippen LogP) is 0.603. The van der Waals surface area contributed by atoms with Crippen molar-refractivity contribution in [1.29, 1.82) is 0 Å². The third-order valence-corrected chi connectivity index (χ3v) is 4.35. The summed E-state index contributed by atoms with van der Waals surface area (Å²) in [5.41, 5.74) is 5.28. The Hall–Kier alpha value is -0.810. The van der Waals surface area contributed by atoms with E-state index < -0.39 is 0 Å². The normalized spacial score (nSPS) is 26.7. The number of nitrogens with one attached hydrogen (secondary N) is 1. The fourth-order valence-electron chi connectivity index (χ4n) is 3.15. The van der Waals surface area contributed by atoms with E-state index in [1.807, 2.05) is 0 Å². The van der Waals surface area contributed by atoms with Crippen molar-refractivity contribution in [2.24, 2.45) is 5.73 Å². The van der Waals surface area contributed by atoms with E-state index in [1.54, 1.807) is 4.90 Å². The summed E-state index contributed by atoms with van der Waals surface area (Å²) in [6, 6.07) is 0.991. The van der Waals surface area contributed by atoms with Crippen molar-refractivity contribution >= 4 is 6.03 Å². The number of piperidine rings is 1. The summed E-state index contributed by atoms with van der Waals surface area (Å²) in [5, 5.41) is 3.67. The Morgan fingerprint density at radius 1 is 1.28 bits per heavy atom. The van der Waals surface area contributed by atoms with Crippen molar-refractivity contribution in [3.63, 3.8) is 0 Å². The van der Waals surface area contributed by atoms with Gasteiger partial charge in [-0.05, 0) is 38.8 Å². The number of rotatable bonds is 4. The third-order valence-electron chi connectivity index (χ3n) is 4.35. The molecule has 2 aliphatic heterocycles. The van der Waals surface area contributed by atoms with E-state index in [2.05, 4.69) is 17.1 Å². The molecule has 0 aromatic carbocycles. The Morgan fingerprint density at radius 3 is 2.61 bits per heavy atom. The van der Waals surface area contributed by atoms with Gasteiger partial charge in [-0.2, -0.15) is 0 Å². The highest BCUT2D eigenvalue weighted by atomic mass is 16.2. The number of urea groups is 1. The minimum atomic E-state index is -0.276. The van der Waals surface area contributed by atoms with Crippen molar-refractivity contribution in [3.05, 3.63) is 0 Å². The number of nitrogens with two attached hydrogens (primary N) is 1. The molecular formula is C13H26N4O. The van der Waals surface area contributed by atoms with Crippen LogP contribution < -0.4 is 11.1 Å². The quantitative estimate of drug-likeness (QED) is 0.772. The van der Waals surface area contributed by atoms with E-state index in [-0.39, 0.29) is 6.03 Å². The van der Waals surface area contributed by atoms with Crippen LogP contribution in [0.25, 0.3) is 0 Å². The first-order chi connectivity index (χ1) is 8.70. The second-order valence-corrected chi connectivity index (χ2v) is 5.43. The lowest BCUT2D eigenvalue weighted by Crippen LogP contribution is -2.49. The molecular weight excluding hydrogens is 228 g/mol. The number of likely N-dealkylation sites (tertiary alicyclic amines) is 2. The molecule has 18 heavy (non-hydrogen) atoms. The maximum atomic E-state index is 11.0. The van der Waals surface area contributed by atoms with Gasteiger partial charge in [-0.25, -0.2) is 4.79 Å². The zero-order valence-corrected chi connectivity index (χ0v) is 11.4. The molecule has 0 spiro atoms. The standard InChI is InChI=1S/C13H26N4O/c1-2-16-7-3-4-12(16)10-15-11-5-8-17(9-6-11)13(14)18/h11-12,15H,2-10H2,1H3,(H2,14,18). The van der Waals surface area contributed by atoms with Crippen molar-refractivity contribution in [2.75, 3.05) is 32.7 Å². The van der Waals surface area contributed by atoms with Gasteiger partial charge >= 0.3 is 6.03 Å². The maximum Gasteiger partial charge on any atom is 0.314 e. The van der Waals surface area contributed by atoms with Gasteiger partial charge in [0.25, 0.3) is 0 Å². The molecule has 2 fully saturated rings. The highest BCUT2D eigenvalue weighted by molar-refractivity contribution is 5.72. The topological polar surface area (TPSA) is 61.6 Å². The van der Waals surface area contributed by atoms with Crippen molar-refractivity contribution in [1.82, 2.24) is 15.1 Å². The molecule has 0 radical (unpaired) electrons. The molecule has 3 N–H and O–H groups in total. The van der Waals surface area contributed by atoms with Crippen LogP contribution in [0, 0.1) is 0 Å². The first kappa shape index (κ1) is 13.6. The average molecular weight is 254 g/mol. The van der Waals surface area contributed by atoms with E-state index in [0.717, 1.165) is 39.0 Å². The summed E-state index contributed by atoms with van der Waals surface area (Å²) in [6.45, 7) is 7.35. The fourth-order valence-corrected chi connectivity index (χ4v) is 3.15. The molecule has 2 amide bonds. The van der Waals surface area contributed by atoms with E-state index in [1.165, 1.54) is 19.4 Å². The van der Waals surface area contributed by atoms with Gasteiger partial charge in [0, 0.05) is 31.7 Å². The molecule has 0 aromatic heterocycles. The van der Waals surface area contributed by atoms with E-state index in [0.29, 0.717) is 12.1 Å². The van der Waals surface area contributed by atoms with Crippen molar-refractivity contribution in [2.45, 2.75) is 44.7 Å². The first-order valence-corrected chi connectivity index (χ1v) is 7.22. The molecule has 2 aliphatic rings. The second kappa shape index (κ2) is 6.38. The number of primary amides is 1. The van der Waals surface area contributed by atoms with Crippen LogP contribution >= 0.6 is 0 Å². The SMILES string of the molecule is CCN1CCCC1CNC1CCN(C(N)=O)CC1. The molecule has 1 atom stereocenters. The van der Waals surface area contributed by atoms with E-state index in [9.17, 15) is 4.79 Å². The Kier molecular flexibility index (Phi) is 4.83. The molecule has 2 rings (SSSR count). The van der Waals surface area contributed by atoms with Gasteiger partial charge in [-0.15, -0.1) is 0 Å². The summed E-state index contributed by atoms with van der Waals surface area (Å²) in [4.78, 5) is 15.3. The van der Waals surface area contributed by atoms with Crippen molar-refractivity contribution in [3.8, 4) is 0 Å². The fraction of sp³-hybridized carbons (Fsp3) is 0.923. The molecule has 0 aromatic rings. The van der Waals surface area contributed by atoms with Gasteiger partial charge < -0.3 is 16.0 Å². The molecule has 0 aliphatic carbocycles. The molecule has 0 bridgehead atoms. The molecule has 5 heteroatoms. The largest absolute Gasteiger partial charge is 0.351 e. The lowest BCUT2D eigenvalue weighted by molar-refractivity contribution is 0.180. The zero-order chi connectivity index (χ0) is 13.0. The van der Waals surface area contributed by atoms with Gasteiger partial charge in [0.05, 0.1) is 0 Å². The van der Waals surface area contributed by atoms with Gasteiger partial charge in [0.15, 0.2) is 0 Å². The van der Waals surface area contributed by atoms with Gasteiger partial charge in [-0.1, -0.05) is 6.92 Å². The Labute approximate surface area is 110 Å². The smallest absolute Gasteiger partial charge is 0.314 e. The lowest BCUT2D eigenvalue weighted by atomic mass is 10.0. The number of hydrogen-bond donors (Lipinski definition) is 2. The number of nitrogens with zero attached hydrogens (tertiary/aromatic N) is 2. The Balaban J connectivity index is 1.67. The summed E-state index contributed by atoms with van der Waals surface area (Å²) in [6.07, 6.45) is 4.71. The Bertz CT molecular complexity index is 276. The van der Waals surface area contributed by atoms with Crippen LogP contribution in [0.15, 0.2) is 0 Å². The number of likely N-dealkylation sites (N-methyl/N-ethyl adjacent to an activating group) is 1. The average Bonchev–Trinajstić information content (AvgIpc) is 2.84. The summed E-state index contributed by atoms with van der Waals surface area (Å²) in [7, 11) is 0. The molecule has 104 valence electrons. The van der Waals surface area contributed by atoms with Crippen molar-refractivity contribution < 1.29 is 4.79 Å². The zero-order valence-electron chi connectivity index (χ0n) is 11.4. The summed E-state index contributed by atoms with van der Waals surface area (Å²) < 4.78 is 0. The third kappa shape index (κ3) is 3.36. The molecule has 5 nitrogen and oxygen atoms in total. The molecule has 2 saturated heterocycles. The van der Waals surface area contributed by atoms with Crippen LogP contribution in [0.1, 0.15) is 32.6 Å². The minimum absolute atomic E-state index is 0.276. The van der Waals surface area contributed by atoms with E-state index >= 15 is 0 Å². The molecule has 2 heterocycles. The Morgan fingerprint density at radius 2 is 2.00 bits per heavy atom. The van der Waals surface area contributed by atoms with Crippen LogP contribution in [-0.4, -0.2) is 60.6 Å². The lowest BCUT2D eigenvalue weighted by Gasteiger charge is -2.33. The van der Waals surface area contributed by atoms with E-state index in [4.69, 9.17) is 5.73 Å². The summed E-state index contributed by atoms with van der Waals surface area (Å²) in [5.74, 6) is 0. The monoisotopic (exact) mass is 254 g/mol. The van der Waals surface area contributed by atoms with Gasteiger partial charge in [0.1, 0.15) is 0 Å². The van der Waals surface area contributed by atoms with Crippen LogP contribution in [-0.2, 0) is 0 Å². The van der Waals surface area contributed by atoms with Crippen LogP contribution in [0.4, 0.5) is 4.79 Å². The highest BCUT2D eigenvalue weighted by Crippen LogP contribution is 2.17. The first-order valence-electron chi connectivity index (χ1n) is 7.22. The highest BCUT2D eigenvalue weighted by Gasteiger charge is 2.25. The van der Waals surface area contributed by atoms with Gasteiger partial charge in [-0.3, -0.25) is 4.90 Å². The maximum absolute atomic E-state index is 11.0. The summed E-state index contributed by atoms with van der Waals surface area (Å²) >= 11 is 0.